The molecule has 0 bridgehead atoms. The summed E-state index contributed by atoms with van der Waals surface area (Å²) < 4.78 is 11.2. The van der Waals surface area contributed by atoms with E-state index in [2.05, 4.69) is 0 Å². The van der Waals surface area contributed by atoms with Crippen molar-refractivity contribution in [2.75, 3.05) is 6.61 Å². The minimum Gasteiger partial charge on any atom is -0.478 e. The molecule has 2 saturated heterocycles. The number of carbonyl (C=O) groups is 1. The standard InChI is InChI=1S/C17H28O7/c1-8(5-14(19)20)4-12-16(22)15(21)11(7-23-12)6-13-17(24-13)9(2)10(3)18/h5,9-13,15-18,21-22H,4,6-7H2,1-3H3,(H,19,20). The molecule has 2 aliphatic rings. The average Bonchev–Trinajstić information content (AvgIpc) is 3.24. The van der Waals surface area contributed by atoms with E-state index in [4.69, 9.17) is 14.6 Å². The first-order valence-corrected chi connectivity index (χ1v) is 8.42. The third-order valence-corrected chi connectivity index (χ3v) is 5.07. The SMILES string of the molecule is CC(=CC(=O)O)CC1OCC(CC2OC2C(C)C(C)O)C(O)C1O. The van der Waals surface area contributed by atoms with Crippen molar-refractivity contribution >= 4 is 5.97 Å². The molecule has 4 N–H and O–H groups in total. The van der Waals surface area contributed by atoms with E-state index >= 15 is 0 Å². The second-order valence-corrected chi connectivity index (χ2v) is 7.12. The number of carboxylic acid groups (broad SMARTS) is 1. The number of aliphatic hydroxyl groups is 3. The van der Waals surface area contributed by atoms with Gasteiger partial charge in [-0.05, 0) is 26.7 Å². The summed E-state index contributed by atoms with van der Waals surface area (Å²) in [5.41, 5.74) is 0.577. The molecule has 2 heterocycles. The number of aliphatic carboxylic acids is 1. The van der Waals surface area contributed by atoms with Gasteiger partial charge in [0.05, 0.1) is 37.1 Å². The summed E-state index contributed by atoms with van der Waals surface area (Å²) in [7, 11) is 0. The van der Waals surface area contributed by atoms with Crippen LogP contribution in [0.5, 0.6) is 0 Å². The fourth-order valence-corrected chi connectivity index (χ4v) is 3.30. The second kappa shape index (κ2) is 7.93. The zero-order valence-corrected chi connectivity index (χ0v) is 14.3. The Labute approximate surface area is 141 Å². The zero-order valence-electron chi connectivity index (χ0n) is 14.3. The van der Waals surface area contributed by atoms with Crippen LogP contribution >= 0.6 is 0 Å². The monoisotopic (exact) mass is 344 g/mol. The molecule has 7 heteroatoms. The maximum atomic E-state index is 10.7. The highest BCUT2D eigenvalue weighted by Gasteiger charge is 2.48. The summed E-state index contributed by atoms with van der Waals surface area (Å²) in [6.45, 7) is 5.59. The average molecular weight is 344 g/mol. The van der Waals surface area contributed by atoms with E-state index in [-0.39, 0.29) is 30.5 Å². The molecule has 24 heavy (non-hydrogen) atoms. The van der Waals surface area contributed by atoms with Crippen LogP contribution in [0.15, 0.2) is 11.6 Å². The van der Waals surface area contributed by atoms with Gasteiger partial charge in [-0.1, -0.05) is 12.5 Å². The van der Waals surface area contributed by atoms with Crippen LogP contribution < -0.4 is 0 Å². The number of ether oxygens (including phenoxy) is 2. The van der Waals surface area contributed by atoms with Crippen LogP contribution in [0.3, 0.4) is 0 Å². The predicted molar refractivity (Wildman–Crippen MR) is 85.4 cm³/mol. The number of epoxide rings is 1. The highest BCUT2D eigenvalue weighted by Crippen LogP contribution is 2.38. The van der Waals surface area contributed by atoms with Gasteiger partial charge in [-0.3, -0.25) is 0 Å². The minimum atomic E-state index is -1.06. The van der Waals surface area contributed by atoms with Gasteiger partial charge in [-0.15, -0.1) is 0 Å². The molecule has 2 fully saturated rings. The first-order valence-electron chi connectivity index (χ1n) is 8.42. The predicted octanol–water partition coefficient (Wildman–Crippen LogP) is 0.319. The van der Waals surface area contributed by atoms with Gasteiger partial charge in [0.15, 0.2) is 0 Å². The molecule has 0 radical (unpaired) electrons. The Kier molecular flexibility index (Phi) is 6.39. The summed E-state index contributed by atoms with van der Waals surface area (Å²) in [6, 6.07) is 0. The lowest BCUT2D eigenvalue weighted by Gasteiger charge is -2.37. The van der Waals surface area contributed by atoms with Gasteiger partial charge in [0.1, 0.15) is 6.10 Å². The van der Waals surface area contributed by atoms with Gasteiger partial charge in [0.2, 0.25) is 0 Å². The summed E-state index contributed by atoms with van der Waals surface area (Å²) in [5, 5.41) is 38.9. The smallest absolute Gasteiger partial charge is 0.328 e. The van der Waals surface area contributed by atoms with Crippen LogP contribution in [-0.4, -0.2) is 69.6 Å². The van der Waals surface area contributed by atoms with Crippen molar-refractivity contribution in [1.29, 1.82) is 0 Å². The fraction of sp³-hybridized carbons (Fsp3) is 0.824. The highest BCUT2D eigenvalue weighted by atomic mass is 16.6. The lowest BCUT2D eigenvalue weighted by molar-refractivity contribution is -0.165. The summed E-state index contributed by atoms with van der Waals surface area (Å²) in [6.07, 6.45) is -1.21. The number of hydrogen-bond donors (Lipinski definition) is 4. The molecule has 0 aliphatic carbocycles. The first kappa shape index (κ1) is 19.3. The van der Waals surface area contributed by atoms with Crippen LogP contribution in [0.4, 0.5) is 0 Å². The summed E-state index contributed by atoms with van der Waals surface area (Å²) in [5.74, 6) is -1.25. The van der Waals surface area contributed by atoms with Gasteiger partial charge in [0.25, 0.3) is 0 Å². The molecule has 0 aromatic heterocycles. The second-order valence-electron chi connectivity index (χ2n) is 7.12. The third-order valence-electron chi connectivity index (χ3n) is 5.07. The van der Waals surface area contributed by atoms with Gasteiger partial charge in [0, 0.05) is 17.9 Å². The molecule has 2 aliphatic heterocycles. The molecule has 0 spiro atoms. The number of hydrogen-bond acceptors (Lipinski definition) is 6. The Bertz CT molecular complexity index is 476. The molecule has 138 valence electrons. The topological polar surface area (TPSA) is 120 Å². The number of rotatable bonds is 7. The van der Waals surface area contributed by atoms with E-state index in [1.807, 2.05) is 6.92 Å². The summed E-state index contributed by atoms with van der Waals surface area (Å²) >= 11 is 0. The van der Waals surface area contributed by atoms with Crippen LogP contribution in [0.2, 0.25) is 0 Å². The van der Waals surface area contributed by atoms with Crippen LogP contribution in [0.25, 0.3) is 0 Å². The van der Waals surface area contributed by atoms with E-state index in [1.165, 1.54) is 0 Å². The first-order chi connectivity index (χ1) is 11.2. The lowest BCUT2D eigenvalue weighted by Crippen LogP contribution is -2.50. The Morgan fingerprint density at radius 2 is 1.92 bits per heavy atom. The van der Waals surface area contributed by atoms with Crippen molar-refractivity contribution in [2.24, 2.45) is 11.8 Å². The molecule has 0 saturated carbocycles. The molecule has 2 rings (SSSR count). The van der Waals surface area contributed by atoms with Gasteiger partial charge in [-0.25, -0.2) is 4.79 Å². The molecule has 7 nitrogen and oxygen atoms in total. The maximum absolute atomic E-state index is 10.7. The van der Waals surface area contributed by atoms with Gasteiger partial charge >= 0.3 is 5.97 Å². The fourth-order valence-electron chi connectivity index (χ4n) is 3.30. The van der Waals surface area contributed by atoms with E-state index in [9.17, 15) is 20.1 Å². The lowest BCUT2D eigenvalue weighted by atomic mass is 9.85. The largest absolute Gasteiger partial charge is 0.478 e. The van der Waals surface area contributed by atoms with E-state index in [0.717, 1.165) is 6.08 Å². The van der Waals surface area contributed by atoms with Crippen molar-refractivity contribution in [3.63, 3.8) is 0 Å². The van der Waals surface area contributed by atoms with E-state index in [0.29, 0.717) is 18.6 Å². The van der Waals surface area contributed by atoms with Crippen LogP contribution in [-0.2, 0) is 14.3 Å². The zero-order chi connectivity index (χ0) is 18.0. The van der Waals surface area contributed by atoms with E-state index < -0.39 is 30.4 Å². The number of aliphatic hydroxyl groups excluding tert-OH is 3. The molecule has 0 aromatic rings. The van der Waals surface area contributed by atoms with Crippen molar-refractivity contribution in [3.05, 3.63) is 11.6 Å². The molecule has 0 aromatic carbocycles. The maximum Gasteiger partial charge on any atom is 0.328 e. The third kappa shape index (κ3) is 4.77. The Morgan fingerprint density at radius 3 is 2.50 bits per heavy atom. The molecule has 8 unspecified atom stereocenters. The summed E-state index contributed by atoms with van der Waals surface area (Å²) in [4.78, 5) is 10.7. The minimum absolute atomic E-state index is 0.0205. The van der Waals surface area contributed by atoms with Crippen LogP contribution in [0.1, 0.15) is 33.6 Å². The molecule has 0 amide bonds. The van der Waals surface area contributed by atoms with Gasteiger partial charge < -0.3 is 29.9 Å². The normalized spacial score (nSPS) is 39.3. The quantitative estimate of drug-likeness (QED) is 0.388. The Hall–Kier alpha value is -0.990. The highest BCUT2D eigenvalue weighted by molar-refractivity contribution is 5.80. The van der Waals surface area contributed by atoms with E-state index in [1.54, 1.807) is 13.8 Å². The molecular weight excluding hydrogens is 316 g/mol. The Balaban J connectivity index is 1.84. The van der Waals surface area contributed by atoms with Crippen molar-refractivity contribution < 1.29 is 34.7 Å². The molecule has 8 atom stereocenters. The van der Waals surface area contributed by atoms with Crippen molar-refractivity contribution in [2.45, 2.75) is 70.2 Å². The van der Waals surface area contributed by atoms with Gasteiger partial charge in [-0.2, -0.15) is 0 Å². The number of carboxylic acids is 1. The van der Waals surface area contributed by atoms with Crippen molar-refractivity contribution in [3.8, 4) is 0 Å². The Morgan fingerprint density at radius 1 is 1.25 bits per heavy atom. The van der Waals surface area contributed by atoms with Crippen LogP contribution in [0, 0.1) is 11.8 Å². The molecular formula is C17H28O7. The van der Waals surface area contributed by atoms with Crippen molar-refractivity contribution in [1.82, 2.24) is 0 Å².